The molecule has 1 amide bonds. The van der Waals surface area contributed by atoms with Gasteiger partial charge >= 0.3 is 0 Å². The molecule has 6 heteroatoms. The molecule has 0 radical (unpaired) electrons. The molecular formula is C16H15F2NO2S. The first kappa shape index (κ1) is 16.3. The van der Waals surface area contributed by atoms with E-state index in [1.807, 2.05) is 13.0 Å². The van der Waals surface area contributed by atoms with Gasteiger partial charge < -0.3 is 10.1 Å². The molecule has 2 aromatic rings. The molecule has 0 heterocycles. The molecule has 0 saturated heterocycles. The van der Waals surface area contributed by atoms with Crippen LogP contribution in [-0.4, -0.2) is 18.3 Å². The molecule has 2 aromatic carbocycles. The molecule has 0 aliphatic carbocycles. The van der Waals surface area contributed by atoms with Crippen LogP contribution < -0.4 is 10.1 Å². The number of carbonyl (C=O) groups excluding carboxylic acids is 1. The van der Waals surface area contributed by atoms with E-state index in [1.54, 1.807) is 18.2 Å². The first-order valence-electron chi connectivity index (χ1n) is 6.68. The Morgan fingerprint density at radius 1 is 1.18 bits per heavy atom. The second-order valence-corrected chi connectivity index (χ2v) is 5.35. The Kier molecular flexibility index (Phi) is 5.77. The monoisotopic (exact) mass is 323 g/mol. The number of carbonyl (C=O) groups is 1. The summed E-state index contributed by atoms with van der Waals surface area (Å²) in [5, 5.41) is 2.75. The van der Waals surface area contributed by atoms with Gasteiger partial charge in [-0.25, -0.2) is 0 Å². The fourth-order valence-corrected chi connectivity index (χ4v) is 2.33. The van der Waals surface area contributed by atoms with Crippen LogP contribution in [0.3, 0.4) is 0 Å². The van der Waals surface area contributed by atoms with E-state index < -0.39 is 5.76 Å². The third-order valence-electron chi connectivity index (χ3n) is 2.78. The van der Waals surface area contributed by atoms with Crippen molar-refractivity contribution >= 4 is 23.4 Å². The van der Waals surface area contributed by atoms with Crippen LogP contribution >= 0.6 is 11.8 Å². The third-order valence-corrected chi connectivity index (χ3v) is 3.50. The highest BCUT2D eigenvalue weighted by Gasteiger charge is 2.11. The van der Waals surface area contributed by atoms with Crippen LogP contribution in [0.25, 0.3) is 0 Å². The van der Waals surface area contributed by atoms with Gasteiger partial charge in [0.1, 0.15) is 5.75 Å². The molecule has 0 aliphatic heterocycles. The van der Waals surface area contributed by atoms with E-state index in [4.69, 9.17) is 4.74 Å². The minimum atomic E-state index is -2.47. The summed E-state index contributed by atoms with van der Waals surface area (Å²) in [5.41, 5.74) is 0.963. The van der Waals surface area contributed by atoms with Gasteiger partial charge in [0, 0.05) is 10.5 Å². The Labute approximate surface area is 131 Å². The van der Waals surface area contributed by atoms with Gasteiger partial charge in [-0.05, 0) is 43.3 Å². The van der Waals surface area contributed by atoms with Crippen LogP contribution in [0, 0.1) is 0 Å². The topological polar surface area (TPSA) is 38.3 Å². The second kappa shape index (κ2) is 7.79. The zero-order valence-corrected chi connectivity index (χ0v) is 12.7. The lowest BCUT2D eigenvalue weighted by Gasteiger charge is -2.11. The predicted octanol–water partition coefficient (Wildman–Crippen LogP) is 4.65. The van der Waals surface area contributed by atoms with Crippen molar-refractivity contribution in [1.82, 2.24) is 0 Å². The van der Waals surface area contributed by atoms with Gasteiger partial charge in [-0.15, -0.1) is 0 Å². The molecule has 0 fully saturated rings. The number of halogens is 2. The van der Waals surface area contributed by atoms with E-state index in [1.165, 1.54) is 24.3 Å². The molecule has 0 bridgehead atoms. The highest BCUT2D eigenvalue weighted by molar-refractivity contribution is 7.99. The lowest BCUT2D eigenvalue weighted by Crippen LogP contribution is -2.12. The molecular weight excluding hydrogens is 308 g/mol. The Hall–Kier alpha value is -2.08. The summed E-state index contributed by atoms with van der Waals surface area (Å²) < 4.78 is 29.9. The smallest absolute Gasteiger partial charge is 0.288 e. The quantitative estimate of drug-likeness (QED) is 0.786. The highest BCUT2D eigenvalue weighted by Crippen LogP contribution is 2.26. The fourth-order valence-electron chi connectivity index (χ4n) is 1.83. The number of thioether (sulfide) groups is 1. The molecule has 116 valence electrons. The maximum atomic E-state index is 12.3. The van der Waals surface area contributed by atoms with Crippen molar-refractivity contribution in [2.45, 2.75) is 17.6 Å². The lowest BCUT2D eigenvalue weighted by atomic mass is 10.2. The Morgan fingerprint density at radius 2 is 1.86 bits per heavy atom. The Morgan fingerprint density at radius 3 is 2.50 bits per heavy atom. The van der Waals surface area contributed by atoms with Crippen molar-refractivity contribution < 1.29 is 18.3 Å². The molecule has 0 unspecified atom stereocenters. The third kappa shape index (κ3) is 4.46. The Balaban J connectivity index is 2.09. The predicted molar refractivity (Wildman–Crippen MR) is 83.9 cm³/mol. The van der Waals surface area contributed by atoms with Crippen molar-refractivity contribution in [3.63, 3.8) is 0 Å². The number of benzene rings is 2. The molecule has 2 rings (SSSR count). The van der Waals surface area contributed by atoms with Crippen molar-refractivity contribution in [3.05, 3.63) is 54.1 Å². The van der Waals surface area contributed by atoms with Gasteiger partial charge in [0.05, 0.1) is 12.3 Å². The average molecular weight is 323 g/mol. The minimum Gasteiger partial charge on any atom is -0.492 e. The van der Waals surface area contributed by atoms with E-state index in [0.29, 0.717) is 40.3 Å². The number of nitrogens with one attached hydrogen (secondary N) is 1. The van der Waals surface area contributed by atoms with Crippen LogP contribution in [0.2, 0.25) is 0 Å². The van der Waals surface area contributed by atoms with Crippen LogP contribution in [0.4, 0.5) is 14.5 Å². The first-order valence-corrected chi connectivity index (χ1v) is 7.56. The lowest BCUT2D eigenvalue weighted by molar-refractivity contribution is 0.102. The van der Waals surface area contributed by atoms with Gasteiger partial charge in [0.25, 0.3) is 11.7 Å². The van der Waals surface area contributed by atoms with Crippen molar-refractivity contribution in [2.24, 2.45) is 0 Å². The molecule has 0 spiro atoms. The second-order valence-electron chi connectivity index (χ2n) is 4.29. The number of anilines is 1. The summed E-state index contributed by atoms with van der Waals surface area (Å²) in [4.78, 5) is 12.6. The zero-order valence-electron chi connectivity index (χ0n) is 11.9. The number of para-hydroxylation sites is 2. The van der Waals surface area contributed by atoms with E-state index in [-0.39, 0.29) is 5.91 Å². The van der Waals surface area contributed by atoms with Gasteiger partial charge in [-0.1, -0.05) is 23.9 Å². The number of amides is 1. The van der Waals surface area contributed by atoms with Crippen molar-refractivity contribution in [2.75, 3.05) is 11.9 Å². The zero-order chi connectivity index (χ0) is 15.9. The molecule has 0 aromatic heterocycles. The maximum absolute atomic E-state index is 12.3. The van der Waals surface area contributed by atoms with Crippen molar-refractivity contribution in [3.8, 4) is 5.75 Å². The SMILES string of the molecule is CCOc1ccccc1NC(=O)c1ccc(SC(F)F)cc1. The van der Waals surface area contributed by atoms with Gasteiger partial charge in [0.2, 0.25) is 0 Å². The summed E-state index contributed by atoms with van der Waals surface area (Å²) in [7, 11) is 0. The number of rotatable bonds is 6. The summed E-state index contributed by atoms with van der Waals surface area (Å²) in [6.07, 6.45) is 0. The van der Waals surface area contributed by atoms with Gasteiger partial charge in [-0.3, -0.25) is 4.79 Å². The number of hydrogen-bond donors (Lipinski definition) is 1. The van der Waals surface area contributed by atoms with Gasteiger partial charge in [0.15, 0.2) is 0 Å². The summed E-state index contributed by atoms with van der Waals surface area (Å²) >= 11 is 0.447. The molecule has 0 aliphatic rings. The molecule has 3 nitrogen and oxygen atoms in total. The van der Waals surface area contributed by atoms with Gasteiger partial charge in [-0.2, -0.15) is 8.78 Å². The number of hydrogen-bond acceptors (Lipinski definition) is 3. The first-order chi connectivity index (χ1) is 10.6. The molecule has 0 atom stereocenters. The molecule has 22 heavy (non-hydrogen) atoms. The molecule has 1 N–H and O–H groups in total. The van der Waals surface area contributed by atoms with E-state index in [9.17, 15) is 13.6 Å². The van der Waals surface area contributed by atoms with Crippen molar-refractivity contribution in [1.29, 1.82) is 0 Å². The normalized spacial score (nSPS) is 10.5. The van der Waals surface area contributed by atoms with E-state index in [2.05, 4.69) is 5.32 Å². The Bertz CT molecular complexity index is 632. The van der Waals surface area contributed by atoms with Crippen LogP contribution in [-0.2, 0) is 0 Å². The van der Waals surface area contributed by atoms with E-state index in [0.717, 1.165) is 0 Å². The summed E-state index contributed by atoms with van der Waals surface area (Å²) in [5.74, 6) is -2.21. The summed E-state index contributed by atoms with van der Waals surface area (Å²) in [6.45, 7) is 2.35. The number of alkyl halides is 2. The van der Waals surface area contributed by atoms with E-state index >= 15 is 0 Å². The summed E-state index contributed by atoms with van der Waals surface area (Å²) in [6, 6.07) is 13.1. The van der Waals surface area contributed by atoms with Crippen LogP contribution in [0.15, 0.2) is 53.4 Å². The van der Waals surface area contributed by atoms with Crippen LogP contribution in [0.5, 0.6) is 5.75 Å². The maximum Gasteiger partial charge on any atom is 0.288 e. The largest absolute Gasteiger partial charge is 0.492 e. The van der Waals surface area contributed by atoms with Crippen LogP contribution in [0.1, 0.15) is 17.3 Å². The fraction of sp³-hybridized carbons (Fsp3) is 0.188. The average Bonchev–Trinajstić information content (AvgIpc) is 2.49. The molecule has 0 saturated carbocycles. The number of ether oxygens (including phenoxy) is 1. The standard InChI is InChI=1S/C16H15F2NO2S/c1-2-21-14-6-4-3-5-13(14)19-15(20)11-7-9-12(10-8-11)22-16(17)18/h3-10,16H,2H2,1H3,(H,19,20). The highest BCUT2D eigenvalue weighted by atomic mass is 32.2. The minimum absolute atomic E-state index is 0.319.